The first-order valence-corrected chi connectivity index (χ1v) is 6.89. The van der Waals surface area contributed by atoms with Gasteiger partial charge in [0.1, 0.15) is 5.82 Å². The normalized spacial score (nSPS) is 21.0. The maximum absolute atomic E-state index is 13.0. The fourth-order valence-corrected chi connectivity index (χ4v) is 2.72. The van der Waals surface area contributed by atoms with Gasteiger partial charge in [0.15, 0.2) is 0 Å². The molecule has 0 spiro atoms. The molecule has 0 aromatic heterocycles. The van der Waals surface area contributed by atoms with Crippen LogP contribution in [0.3, 0.4) is 0 Å². The summed E-state index contributed by atoms with van der Waals surface area (Å²) in [7, 11) is 2.12. The predicted molar refractivity (Wildman–Crippen MR) is 73.4 cm³/mol. The van der Waals surface area contributed by atoms with Gasteiger partial charge in [-0.15, -0.1) is 0 Å². The van der Waals surface area contributed by atoms with Gasteiger partial charge in [0.05, 0.1) is 0 Å². The van der Waals surface area contributed by atoms with Crippen molar-refractivity contribution in [2.75, 3.05) is 20.1 Å². The lowest BCUT2D eigenvalue weighted by Gasteiger charge is -2.27. The minimum atomic E-state index is -0.273. The molecule has 1 heterocycles. The molecule has 18 heavy (non-hydrogen) atoms. The molecule has 1 unspecified atom stereocenters. The summed E-state index contributed by atoms with van der Waals surface area (Å²) in [5.74, 6) is -0.273. The van der Waals surface area contributed by atoms with Gasteiger partial charge in [-0.25, -0.2) is 4.39 Å². The molecule has 1 saturated heterocycles. The third-order valence-corrected chi connectivity index (χ3v) is 3.96. The van der Waals surface area contributed by atoms with E-state index >= 15 is 0 Å². The zero-order chi connectivity index (χ0) is 13.0. The highest BCUT2D eigenvalue weighted by atomic mass is 35.5. The fraction of sp³-hybridized carbons (Fsp3) is 0.571. The summed E-state index contributed by atoms with van der Waals surface area (Å²) in [4.78, 5) is 2.33. The maximum atomic E-state index is 13.0. The smallest absolute Gasteiger partial charge is 0.124 e. The summed E-state index contributed by atoms with van der Waals surface area (Å²) in [6.07, 6.45) is 3.59. The number of nitrogens with zero attached hydrogens (tertiary/aromatic N) is 1. The predicted octanol–water partition coefficient (Wildman–Crippen LogP) is 3.05. The van der Waals surface area contributed by atoms with Crippen LogP contribution in [-0.4, -0.2) is 31.1 Å². The van der Waals surface area contributed by atoms with Crippen LogP contribution in [0.2, 0.25) is 5.02 Å². The summed E-state index contributed by atoms with van der Waals surface area (Å²) >= 11 is 6.07. The Bertz CT molecular complexity index is 389. The highest BCUT2D eigenvalue weighted by molar-refractivity contribution is 6.31. The Morgan fingerprint density at radius 1 is 1.39 bits per heavy atom. The molecule has 1 N–H and O–H groups in total. The topological polar surface area (TPSA) is 15.3 Å². The first kappa shape index (κ1) is 13.8. The van der Waals surface area contributed by atoms with E-state index in [1.165, 1.54) is 25.0 Å². The van der Waals surface area contributed by atoms with E-state index in [-0.39, 0.29) is 5.82 Å². The Hall–Kier alpha value is -0.640. The molecule has 4 heteroatoms. The summed E-state index contributed by atoms with van der Waals surface area (Å²) in [5, 5.41) is 3.93. The van der Waals surface area contributed by atoms with E-state index in [2.05, 4.69) is 17.3 Å². The van der Waals surface area contributed by atoms with E-state index in [0.29, 0.717) is 11.1 Å². The van der Waals surface area contributed by atoms with E-state index in [4.69, 9.17) is 11.6 Å². The van der Waals surface area contributed by atoms with Crippen LogP contribution in [0.5, 0.6) is 0 Å². The Labute approximate surface area is 113 Å². The minimum absolute atomic E-state index is 0.273. The van der Waals surface area contributed by atoms with Crippen molar-refractivity contribution in [3.8, 4) is 0 Å². The van der Waals surface area contributed by atoms with Gasteiger partial charge in [0.25, 0.3) is 0 Å². The average Bonchev–Trinajstić information content (AvgIpc) is 2.61. The van der Waals surface area contributed by atoms with Gasteiger partial charge in [-0.2, -0.15) is 0 Å². The molecule has 1 atom stereocenters. The van der Waals surface area contributed by atoms with Crippen LogP contribution < -0.4 is 5.32 Å². The maximum Gasteiger partial charge on any atom is 0.124 e. The van der Waals surface area contributed by atoms with E-state index < -0.39 is 0 Å². The average molecular weight is 271 g/mol. The van der Waals surface area contributed by atoms with Gasteiger partial charge in [-0.1, -0.05) is 17.7 Å². The third-order valence-electron chi connectivity index (χ3n) is 3.60. The Morgan fingerprint density at radius 3 is 3.00 bits per heavy atom. The molecule has 100 valence electrons. The summed E-state index contributed by atoms with van der Waals surface area (Å²) in [6.45, 7) is 2.97. The molecule has 1 aromatic rings. The molecule has 1 aromatic carbocycles. The van der Waals surface area contributed by atoms with Crippen LogP contribution in [0.4, 0.5) is 4.39 Å². The van der Waals surface area contributed by atoms with Crippen molar-refractivity contribution >= 4 is 11.6 Å². The van der Waals surface area contributed by atoms with Gasteiger partial charge in [0, 0.05) is 17.6 Å². The van der Waals surface area contributed by atoms with Gasteiger partial charge in [0.2, 0.25) is 0 Å². The summed E-state index contributed by atoms with van der Waals surface area (Å²) in [6, 6.07) is 5.23. The van der Waals surface area contributed by atoms with E-state index in [1.807, 2.05) is 0 Å². The zero-order valence-corrected chi connectivity index (χ0v) is 11.5. The molecular weight excluding hydrogens is 251 g/mol. The quantitative estimate of drug-likeness (QED) is 0.908. The monoisotopic (exact) mass is 270 g/mol. The lowest BCUT2D eigenvalue weighted by molar-refractivity contribution is 0.216. The van der Waals surface area contributed by atoms with Crippen LogP contribution in [0.15, 0.2) is 18.2 Å². The molecule has 2 nitrogen and oxygen atoms in total. The largest absolute Gasteiger partial charge is 0.317 e. The molecule has 1 fully saturated rings. The van der Waals surface area contributed by atoms with E-state index in [0.717, 1.165) is 31.6 Å². The number of benzene rings is 1. The lowest BCUT2D eigenvalue weighted by atomic mass is 10.1. The van der Waals surface area contributed by atoms with Crippen LogP contribution in [0.1, 0.15) is 24.8 Å². The van der Waals surface area contributed by atoms with Gasteiger partial charge < -0.3 is 5.32 Å². The second-order valence-electron chi connectivity index (χ2n) is 4.99. The van der Waals surface area contributed by atoms with Crippen LogP contribution in [0, 0.1) is 5.82 Å². The first-order valence-electron chi connectivity index (χ1n) is 6.51. The van der Waals surface area contributed by atoms with Gasteiger partial charge in [-0.05, 0) is 57.1 Å². The summed E-state index contributed by atoms with van der Waals surface area (Å²) < 4.78 is 13.0. The Balaban J connectivity index is 1.98. The minimum Gasteiger partial charge on any atom is -0.317 e. The van der Waals surface area contributed by atoms with E-state index in [9.17, 15) is 4.39 Å². The van der Waals surface area contributed by atoms with Crippen molar-refractivity contribution < 1.29 is 4.39 Å². The van der Waals surface area contributed by atoms with Gasteiger partial charge >= 0.3 is 0 Å². The molecule has 2 rings (SSSR count). The molecule has 1 aliphatic rings. The molecular formula is C14H20ClFN2. The number of halogens is 2. The number of rotatable bonds is 3. The summed E-state index contributed by atoms with van der Waals surface area (Å²) in [5.41, 5.74) is 0.998. The highest BCUT2D eigenvalue weighted by Gasteiger charge is 2.17. The SMILES string of the molecule is CN(Cc1ccc(F)cc1Cl)C1CCCNCC1. The van der Waals surface area contributed by atoms with Crippen LogP contribution in [0.25, 0.3) is 0 Å². The van der Waals surface area contributed by atoms with Crippen molar-refractivity contribution in [3.63, 3.8) is 0 Å². The number of hydrogen-bond donors (Lipinski definition) is 1. The molecule has 0 radical (unpaired) electrons. The van der Waals surface area contributed by atoms with Gasteiger partial charge in [-0.3, -0.25) is 4.90 Å². The third kappa shape index (κ3) is 3.67. The van der Waals surface area contributed by atoms with Crippen molar-refractivity contribution in [1.29, 1.82) is 0 Å². The molecule has 1 aliphatic heterocycles. The first-order chi connectivity index (χ1) is 8.66. The van der Waals surface area contributed by atoms with Crippen LogP contribution >= 0.6 is 11.6 Å². The van der Waals surface area contributed by atoms with Crippen molar-refractivity contribution in [2.24, 2.45) is 0 Å². The fourth-order valence-electron chi connectivity index (χ4n) is 2.49. The molecule has 0 saturated carbocycles. The second-order valence-corrected chi connectivity index (χ2v) is 5.39. The van der Waals surface area contributed by atoms with Crippen molar-refractivity contribution in [3.05, 3.63) is 34.6 Å². The Kier molecular flexibility index (Phi) is 4.98. The van der Waals surface area contributed by atoms with Crippen molar-refractivity contribution in [2.45, 2.75) is 31.8 Å². The molecule has 0 amide bonds. The lowest BCUT2D eigenvalue weighted by Crippen LogP contribution is -2.32. The highest BCUT2D eigenvalue weighted by Crippen LogP contribution is 2.21. The number of hydrogen-bond acceptors (Lipinski definition) is 2. The number of nitrogens with one attached hydrogen (secondary N) is 1. The standard InChI is InChI=1S/C14H20ClFN2/c1-18(13-3-2-7-17-8-6-13)10-11-4-5-12(16)9-14(11)15/h4-5,9,13,17H,2-3,6-8,10H2,1H3. The zero-order valence-electron chi connectivity index (χ0n) is 10.8. The Morgan fingerprint density at radius 2 is 2.22 bits per heavy atom. The molecule has 0 aliphatic carbocycles. The molecule has 0 bridgehead atoms. The van der Waals surface area contributed by atoms with Crippen LogP contribution in [-0.2, 0) is 6.54 Å². The van der Waals surface area contributed by atoms with E-state index in [1.54, 1.807) is 6.07 Å². The second kappa shape index (κ2) is 6.50. The van der Waals surface area contributed by atoms with Crippen molar-refractivity contribution in [1.82, 2.24) is 10.2 Å².